The standard InChI is InChI=1S/C15H15NO2/c17-15(9-8-13-7-4-10-16-11-13)18-12-14-5-2-1-3-6-14/h1-7,10-11H,8-9,12H2. The SMILES string of the molecule is O=C(CCc1cccnc1)OCc1ccccc1. The number of aryl methyl sites for hydroxylation is 1. The van der Waals surface area contributed by atoms with Gasteiger partial charge in [-0.2, -0.15) is 0 Å². The summed E-state index contributed by atoms with van der Waals surface area (Å²) < 4.78 is 5.19. The summed E-state index contributed by atoms with van der Waals surface area (Å²) in [6, 6.07) is 13.5. The fraction of sp³-hybridized carbons (Fsp3) is 0.200. The quantitative estimate of drug-likeness (QED) is 0.755. The first kappa shape index (κ1) is 12.3. The summed E-state index contributed by atoms with van der Waals surface area (Å²) >= 11 is 0. The van der Waals surface area contributed by atoms with Crippen LogP contribution in [0.15, 0.2) is 54.9 Å². The highest BCUT2D eigenvalue weighted by Crippen LogP contribution is 2.04. The van der Waals surface area contributed by atoms with Crippen LogP contribution in [0.5, 0.6) is 0 Å². The van der Waals surface area contributed by atoms with E-state index in [1.807, 2.05) is 42.5 Å². The van der Waals surface area contributed by atoms with Crippen molar-refractivity contribution in [1.29, 1.82) is 0 Å². The molecule has 0 bridgehead atoms. The van der Waals surface area contributed by atoms with Crippen molar-refractivity contribution >= 4 is 5.97 Å². The molecule has 0 aliphatic heterocycles. The number of rotatable bonds is 5. The average Bonchev–Trinajstić information content (AvgIpc) is 2.45. The number of nitrogens with zero attached hydrogens (tertiary/aromatic N) is 1. The smallest absolute Gasteiger partial charge is 0.306 e. The highest BCUT2D eigenvalue weighted by atomic mass is 16.5. The highest BCUT2D eigenvalue weighted by Gasteiger charge is 2.04. The zero-order valence-corrected chi connectivity index (χ0v) is 10.1. The van der Waals surface area contributed by atoms with E-state index in [4.69, 9.17) is 4.74 Å². The molecule has 1 heterocycles. The van der Waals surface area contributed by atoms with Crippen LogP contribution in [0.4, 0.5) is 0 Å². The molecule has 0 fully saturated rings. The Morgan fingerprint density at radius 2 is 1.83 bits per heavy atom. The Kier molecular flexibility index (Phi) is 4.47. The topological polar surface area (TPSA) is 39.2 Å². The summed E-state index contributed by atoms with van der Waals surface area (Å²) in [7, 11) is 0. The molecule has 2 rings (SSSR count). The molecule has 0 amide bonds. The van der Waals surface area contributed by atoms with Gasteiger partial charge in [-0.1, -0.05) is 36.4 Å². The number of carbonyl (C=O) groups is 1. The molecule has 0 radical (unpaired) electrons. The van der Waals surface area contributed by atoms with E-state index >= 15 is 0 Å². The fourth-order valence-corrected chi connectivity index (χ4v) is 1.60. The van der Waals surface area contributed by atoms with Crippen LogP contribution < -0.4 is 0 Å². The normalized spacial score (nSPS) is 10.0. The minimum atomic E-state index is -0.178. The van der Waals surface area contributed by atoms with Crippen molar-refractivity contribution in [1.82, 2.24) is 4.98 Å². The van der Waals surface area contributed by atoms with E-state index in [-0.39, 0.29) is 5.97 Å². The van der Waals surface area contributed by atoms with E-state index in [0.29, 0.717) is 19.4 Å². The van der Waals surface area contributed by atoms with E-state index in [1.54, 1.807) is 12.4 Å². The first-order chi connectivity index (χ1) is 8.84. The van der Waals surface area contributed by atoms with Gasteiger partial charge < -0.3 is 4.74 Å². The van der Waals surface area contributed by atoms with E-state index < -0.39 is 0 Å². The number of esters is 1. The number of carbonyl (C=O) groups excluding carboxylic acids is 1. The molecule has 0 atom stereocenters. The molecule has 0 saturated heterocycles. The summed E-state index contributed by atoms with van der Waals surface area (Å²) in [4.78, 5) is 15.6. The van der Waals surface area contributed by atoms with Crippen molar-refractivity contribution in [2.45, 2.75) is 19.4 Å². The largest absolute Gasteiger partial charge is 0.461 e. The molecule has 3 nitrogen and oxygen atoms in total. The maximum Gasteiger partial charge on any atom is 0.306 e. The highest BCUT2D eigenvalue weighted by molar-refractivity contribution is 5.69. The third kappa shape index (κ3) is 4.01. The van der Waals surface area contributed by atoms with Gasteiger partial charge in [-0.3, -0.25) is 9.78 Å². The van der Waals surface area contributed by atoms with Crippen molar-refractivity contribution < 1.29 is 9.53 Å². The number of pyridine rings is 1. The maximum atomic E-state index is 11.5. The molecular formula is C15H15NO2. The zero-order chi connectivity index (χ0) is 12.6. The Balaban J connectivity index is 1.73. The van der Waals surface area contributed by atoms with Gasteiger partial charge in [0.05, 0.1) is 0 Å². The summed E-state index contributed by atoms with van der Waals surface area (Å²) in [5.41, 5.74) is 2.06. The maximum absolute atomic E-state index is 11.5. The van der Waals surface area contributed by atoms with Gasteiger partial charge in [0.25, 0.3) is 0 Å². The number of hydrogen-bond donors (Lipinski definition) is 0. The third-order valence-electron chi connectivity index (χ3n) is 2.58. The molecule has 0 aliphatic carbocycles. The molecule has 3 heteroatoms. The lowest BCUT2D eigenvalue weighted by Crippen LogP contribution is -2.05. The van der Waals surface area contributed by atoms with Gasteiger partial charge >= 0.3 is 5.97 Å². The second-order valence-corrected chi connectivity index (χ2v) is 4.01. The first-order valence-corrected chi connectivity index (χ1v) is 5.93. The molecule has 0 saturated carbocycles. The first-order valence-electron chi connectivity index (χ1n) is 5.93. The van der Waals surface area contributed by atoms with Gasteiger partial charge in [0, 0.05) is 18.8 Å². The number of hydrogen-bond acceptors (Lipinski definition) is 3. The molecule has 1 aromatic carbocycles. The van der Waals surface area contributed by atoms with E-state index in [2.05, 4.69) is 4.98 Å². The summed E-state index contributed by atoms with van der Waals surface area (Å²) in [6.45, 7) is 0.340. The molecule has 92 valence electrons. The Bertz CT molecular complexity index is 437. The monoisotopic (exact) mass is 241 g/mol. The van der Waals surface area contributed by atoms with Gasteiger partial charge in [-0.25, -0.2) is 0 Å². The summed E-state index contributed by atoms with van der Waals surface area (Å²) in [6.07, 6.45) is 4.54. The van der Waals surface area contributed by atoms with Gasteiger partial charge in [0.2, 0.25) is 0 Å². The van der Waals surface area contributed by atoms with Gasteiger partial charge in [0.1, 0.15) is 6.61 Å². The Hall–Kier alpha value is -2.16. The van der Waals surface area contributed by atoms with Crippen molar-refractivity contribution in [3.05, 3.63) is 66.0 Å². The second-order valence-electron chi connectivity index (χ2n) is 4.01. The minimum Gasteiger partial charge on any atom is -0.461 e. The lowest BCUT2D eigenvalue weighted by Gasteiger charge is -2.04. The van der Waals surface area contributed by atoms with E-state index in [9.17, 15) is 4.79 Å². The van der Waals surface area contributed by atoms with Gasteiger partial charge in [-0.15, -0.1) is 0 Å². The fourth-order valence-electron chi connectivity index (χ4n) is 1.60. The Labute approximate surface area is 106 Å². The number of aromatic nitrogens is 1. The second kappa shape index (κ2) is 6.55. The Morgan fingerprint density at radius 1 is 1.06 bits per heavy atom. The summed E-state index contributed by atoms with van der Waals surface area (Å²) in [5, 5.41) is 0. The van der Waals surface area contributed by atoms with Gasteiger partial charge in [0.15, 0.2) is 0 Å². The molecule has 2 aromatic rings. The molecule has 18 heavy (non-hydrogen) atoms. The number of ether oxygens (including phenoxy) is 1. The van der Waals surface area contributed by atoms with Crippen LogP contribution in [0.25, 0.3) is 0 Å². The zero-order valence-electron chi connectivity index (χ0n) is 10.1. The molecule has 1 aromatic heterocycles. The van der Waals surface area contributed by atoms with Crippen LogP contribution in [0.1, 0.15) is 17.5 Å². The molecule has 0 spiro atoms. The van der Waals surface area contributed by atoms with Crippen molar-refractivity contribution in [3.8, 4) is 0 Å². The predicted molar refractivity (Wildman–Crippen MR) is 68.8 cm³/mol. The van der Waals surface area contributed by atoms with E-state index in [0.717, 1.165) is 11.1 Å². The predicted octanol–water partition coefficient (Wildman–Crippen LogP) is 2.76. The van der Waals surface area contributed by atoms with Crippen LogP contribution in [0.3, 0.4) is 0 Å². The molecule has 0 N–H and O–H groups in total. The molecule has 0 unspecified atom stereocenters. The van der Waals surface area contributed by atoms with Gasteiger partial charge in [-0.05, 0) is 23.6 Å². The average molecular weight is 241 g/mol. The van der Waals surface area contributed by atoms with Crippen LogP contribution in [0.2, 0.25) is 0 Å². The molecular weight excluding hydrogens is 226 g/mol. The third-order valence-corrected chi connectivity index (χ3v) is 2.58. The summed E-state index contributed by atoms with van der Waals surface area (Å²) in [5.74, 6) is -0.178. The molecule has 0 aliphatic rings. The minimum absolute atomic E-state index is 0.178. The number of benzene rings is 1. The van der Waals surface area contributed by atoms with Crippen molar-refractivity contribution in [2.75, 3.05) is 0 Å². The van der Waals surface area contributed by atoms with E-state index in [1.165, 1.54) is 0 Å². The van der Waals surface area contributed by atoms with Crippen LogP contribution >= 0.6 is 0 Å². The Morgan fingerprint density at radius 3 is 2.56 bits per heavy atom. The lowest BCUT2D eigenvalue weighted by atomic mass is 10.1. The van der Waals surface area contributed by atoms with Crippen LogP contribution in [-0.2, 0) is 22.6 Å². The van der Waals surface area contributed by atoms with Crippen molar-refractivity contribution in [3.63, 3.8) is 0 Å². The van der Waals surface area contributed by atoms with Crippen LogP contribution in [-0.4, -0.2) is 11.0 Å². The van der Waals surface area contributed by atoms with Crippen LogP contribution in [0, 0.1) is 0 Å². The lowest BCUT2D eigenvalue weighted by molar-refractivity contribution is -0.144. The van der Waals surface area contributed by atoms with Crippen molar-refractivity contribution in [2.24, 2.45) is 0 Å².